The number of aromatic nitrogens is 4. The van der Waals surface area contributed by atoms with Gasteiger partial charge in [-0.25, -0.2) is 19.3 Å². The van der Waals surface area contributed by atoms with Crippen molar-refractivity contribution < 1.29 is 9.13 Å². The molecule has 5 rings (SSSR count). The summed E-state index contributed by atoms with van der Waals surface area (Å²) in [5.41, 5.74) is 7.31. The summed E-state index contributed by atoms with van der Waals surface area (Å²) in [5, 5.41) is 0. The van der Waals surface area contributed by atoms with Gasteiger partial charge in [0.2, 0.25) is 5.88 Å². The molecule has 0 spiro atoms. The lowest BCUT2D eigenvalue weighted by molar-refractivity contribution is 0.198. The number of benzene rings is 2. The predicted octanol–water partition coefficient (Wildman–Crippen LogP) is 3.11. The van der Waals surface area contributed by atoms with E-state index in [1.807, 2.05) is 12.1 Å². The Morgan fingerprint density at radius 3 is 2.62 bits per heavy atom. The van der Waals surface area contributed by atoms with E-state index in [1.54, 1.807) is 24.3 Å². The molecule has 10 heteroatoms. The molecule has 1 saturated heterocycles. The number of nitrogens with zero attached hydrogens (tertiary/aromatic N) is 5. The number of hydrogen-bond donors (Lipinski definition) is 2. The summed E-state index contributed by atoms with van der Waals surface area (Å²) in [4.78, 5) is 31.8. The number of H-pyrrole nitrogens is 1. The van der Waals surface area contributed by atoms with E-state index in [2.05, 4.69) is 36.7 Å². The van der Waals surface area contributed by atoms with Crippen molar-refractivity contribution in [1.82, 2.24) is 24.8 Å². The number of nitrogen functional groups attached to an aromatic ring is 1. The molecule has 0 radical (unpaired) electrons. The second kappa shape index (κ2) is 9.06. The molecule has 3 N–H and O–H groups in total. The molecule has 1 aliphatic rings. The SMILES string of the molecule is C[C@@H](c1ccc(F)cc1)N1CCN(c2cc(Oc3cccc4[nH]c(=O)c(N)nc34)ncn2)CC1. The molecule has 9 nitrogen and oxygen atoms in total. The van der Waals surface area contributed by atoms with Gasteiger partial charge in [-0.3, -0.25) is 9.69 Å². The van der Waals surface area contributed by atoms with E-state index in [0.717, 1.165) is 37.6 Å². The third kappa shape index (κ3) is 4.40. The normalized spacial score (nSPS) is 15.4. The molecular weight excluding hydrogens is 437 g/mol. The minimum atomic E-state index is -0.443. The molecular formula is C24H24FN7O2. The number of fused-ring (bicyclic) bond motifs is 1. The molecule has 0 aliphatic carbocycles. The molecule has 4 aromatic rings. The van der Waals surface area contributed by atoms with Gasteiger partial charge in [-0.05, 0) is 36.8 Å². The van der Waals surface area contributed by atoms with Gasteiger partial charge in [0, 0.05) is 38.3 Å². The molecule has 2 aromatic heterocycles. The number of para-hydroxylation sites is 1. The first-order valence-corrected chi connectivity index (χ1v) is 11.0. The van der Waals surface area contributed by atoms with Crippen molar-refractivity contribution in [3.05, 3.63) is 76.6 Å². The smallest absolute Gasteiger partial charge is 0.290 e. The second-order valence-electron chi connectivity index (χ2n) is 8.17. The molecule has 3 heterocycles. The van der Waals surface area contributed by atoms with Crippen LogP contribution in [-0.4, -0.2) is 51.0 Å². The van der Waals surface area contributed by atoms with Gasteiger partial charge < -0.3 is 20.4 Å². The maximum absolute atomic E-state index is 13.2. The first-order chi connectivity index (χ1) is 16.5. The van der Waals surface area contributed by atoms with Crippen LogP contribution >= 0.6 is 0 Å². The highest BCUT2D eigenvalue weighted by Crippen LogP contribution is 2.29. The van der Waals surface area contributed by atoms with Gasteiger partial charge in [-0.2, -0.15) is 0 Å². The molecule has 0 amide bonds. The maximum Gasteiger partial charge on any atom is 0.290 e. The number of nitrogens with one attached hydrogen (secondary N) is 1. The third-order valence-corrected chi connectivity index (χ3v) is 6.09. The summed E-state index contributed by atoms with van der Waals surface area (Å²) in [7, 11) is 0. The number of halogens is 1. The minimum Gasteiger partial charge on any atom is -0.436 e. The van der Waals surface area contributed by atoms with Gasteiger partial charge in [0.1, 0.15) is 23.5 Å². The van der Waals surface area contributed by atoms with Crippen molar-refractivity contribution in [2.45, 2.75) is 13.0 Å². The van der Waals surface area contributed by atoms with Crippen LogP contribution in [0, 0.1) is 5.82 Å². The molecule has 0 saturated carbocycles. The fourth-order valence-electron chi connectivity index (χ4n) is 4.14. The first kappa shape index (κ1) is 21.8. The van der Waals surface area contributed by atoms with Crippen molar-refractivity contribution in [2.75, 3.05) is 36.8 Å². The van der Waals surface area contributed by atoms with Crippen LogP contribution in [0.3, 0.4) is 0 Å². The summed E-state index contributed by atoms with van der Waals surface area (Å²) >= 11 is 0. The molecule has 1 aliphatic heterocycles. The van der Waals surface area contributed by atoms with E-state index in [9.17, 15) is 9.18 Å². The number of piperazine rings is 1. The summed E-state index contributed by atoms with van der Waals surface area (Å²) in [6.07, 6.45) is 1.47. The van der Waals surface area contributed by atoms with Crippen LogP contribution in [0.5, 0.6) is 11.6 Å². The van der Waals surface area contributed by atoms with Crippen LogP contribution in [0.1, 0.15) is 18.5 Å². The van der Waals surface area contributed by atoms with Gasteiger partial charge in [-0.15, -0.1) is 0 Å². The summed E-state index contributed by atoms with van der Waals surface area (Å²) < 4.78 is 19.2. The molecule has 0 bridgehead atoms. The van der Waals surface area contributed by atoms with E-state index in [4.69, 9.17) is 10.5 Å². The van der Waals surface area contributed by atoms with Crippen molar-refractivity contribution in [3.8, 4) is 11.6 Å². The molecule has 174 valence electrons. The number of nitrogens with two attached hydrogens (primary N) is 1. The second-order valence-corrected chi connectivity index (χ2v) is 8.17. The lowest BCUT2D eigenvalue weighted by Crippen LogP contribution is -2.47. The van der Waals surface area contributed by atoms with Crippen LogP contribution < -0.4 is 20.9 Å². The van der Waals surface area contributed by atoms with Gasteiger partial charge in [0.05, 0.1) is 5.52 Å². The third-order valence-electron chi connectivity index (χ3n) is 6.09. The molecule has 0 unspecified atom stereocenters. The van der Waals surface area contributed by atoms with E-state index >= 15 is 0 Å². The van der Waals surface area contributed by atoms with Gasteiger partial charge in [0.15, 0.2) is 11.6 Å². The fourth-order valence-corrected chi connectivity index (χ4v) is 4.14. The Hall–Kier alpha value is -4.05. The highest BCUT2D eigenvalue weighted by atomic mass is 19.1. The van der Waals surface area contributed by atoms with Gasteiger partial charge >= 0.3 is 0 Å². The van der Waals surface area contributed by atoms with Crippen LogP contribution in [0.15, 0.2) is 59.7 Å². The Morgan fingerprint density at radius 2 is 1.85 bits per heavy atom. The standard InChI is InChI=1S/C24H24FN7O2/c1-15(16-5-7-17(25)8-6-16)31-9-11-32(12-10-31)20-13-21(28-14-27-20)34-19-4-2-3-18-22(19)30-23(26)24(33)29-18/h2-8,13-15H,9-12H2,1H3,(H2,26,30)(H,29,33)/t15-/m0/s1. The average Bonchev–Trinajstić information content (AvgIpc) is 2.86. The quantitative estimate of drug-likeness (QED) is 0.466. The first-order valence-electron chi connectivity index (χ1n) is 11.0. The van der Waals surface area contributed by atoms with Crippen molar-refractivity contribution >= 4 is 22.7 Å². The highest BCUT2D eigenvalue weighted by Gasteiger charge is 2.23. The summed E-state index contributed by atoms with van der Waals surface area (Å²) in [6.45, 7) is 5.40. The Morgan fingerprint density at radius 1 is 1.09 bits per heavy atom. The fraction of sp³-hybridized carbons (Fsp3) is 0.250. The van der Waals surface area contributed by atoms with Crippen molar-refractivity contribution in [1.29, 1.82) is 0 Å². The topological polar surface area (TPSA) is 113 Å². The maximum atomic E-state index is 13.2. The lowest BCUT2D eigenvalue weighted by atomic mass is 10.1. The van der Waals surface area contributed by atoms with Gasteiger partial charge in [-0.1, -0.05) is 18.2 Å². The van der Waals surface area contributed by atoms with Crippen LogP contribution in [0.2, 0.25) is 0 Å². The zero-order valence-electron chi connectivity index (χ0n) is 18.6. The number of hydrogen-bond acceptors (Lipinski definition) is 8. The Bertz CT molecular complexity index is 1370. The Kier molecular flexibility index (Phi) is 5.81. The number of rotatable bonds is 5. The number of ether oxygens (including phenoxy) is 1. The van der Waals surface area contributed by atoms with Crippen LogP contribution in [-0.2, 0) is 0 Å². The van der Waals surface area contributed by atoms with Crippen LogP contribution in [0.25, 0.3) is 11.0 Å². The Labute approximate surface area is 195 Å². The Balaban J connectivity index is 1.29. The van der Waals surface area contributed by atoms with E-state index in [1.165, 1.54) is 18.5 Å². The van der Waals surface area contributed by atoms with Crippen molar-refractivity contribution in [3.63, 3.8) is 0 Å². The lowest BCUT2D eigenvalue weighted by Gasteiger charge is -2.38. The highest BCUT2D eigenvalue weighted by molar-refractivity contribution is 5.82. The number of aromatic amines is 1. The predicted molar refractivity (Wildman–Crippen MR) is 127 cm³/mol. The van der Waals surface area contributed by atoms with Crippen molar-refractivity contribution in [2.24, 2.45) is 0 Å². The molecule has 1 atom stereocenters. The van der Waals surface area contributed by atoms with Gasteiger partial charge in [0.25, 0.3) is 5.56 Å². The summed E-state index contributed by atoms with van der Waals surface area (Å²) in [6, 6.07) is 13.9. The van der Waals surface area contributed by atoms with E-state index in [0.29, 0.717) is 22.7 Å². The zero-order valence-corrected chi connectivity index (χ0v) is 18.6. The van der Waals surface area contributed by atoms with E-state index in [-0.39, 0.29) is 17.7 Å². The van der Waals surface area contributed by atoms with E-state index < -0.39 is 5.56 Å². The molecule has 1 fully saturated rings. The monoisotopic (exact) mass is 461 g/mol. The number of anilines is 2. The molecule has 34 heavy (non-hydrogen) atoms. The molecule has 2 aromatic carbocycles. The van der Waals surface area contributed by atoms with Crippen LogP contribution in [0.4, 0.5) is 16.0 Å². The largest absolute Gasteiger partial charge is 0.436 e. The minimum absolute atomic E-state index is 0.125. The average molecular weight is 462 g/mol. The summed E-state index contributed by atoms with van der Waals surface area (Å²) in [5.74, 6) is 1.22. The zero-order chi connectivity index (χ0) is 23.7.